The van der Waals surface area contributed by atoms with E-state index in [2.05, 4.69) is 4.98 Å². The lowest BCUT2D eigenvalue weighted by Gasteiger charge is -2.05. The molecular weight excluding hydrogens is 218 g/mol. The molecule has 92 valence electrons. The fourth-order valence-corrected chi connectivity index (χ4v) is 2.89. The first-order valence-corrected chi connectivity index (χ1v) is 6.33. The van der Waals surface area contributed by atoms with Crippen LogP contribution in [0.15, 0.2) is 4.42 Å². The molecule has 4 heteroatoms. The largest absolute Gasteiger partial charge is 0.460 e. The van der Waals surface area contributed by atoms with Gasteiger partial charge in [0.15, 0.2) is 5.89 Å². The SMILES string of the molecule is CCOC(=O)c1oc(C2CC3CC3C2)nc1C. The van der Waals surface area contributed by atoms with Crippen LogP contribution >= 0.6 is 0 Å². The number of hydrogen-bond acceptors (Lipinski definition) is 4. The second-order valence-electron chi connectivity index (χ2n) is 5.11. The zero-order valence-electron chi connectivity index (χ0n) is 10.2. The summed E-state index contributed by atoms with van der Waals surface area (Å²) in [7, 11) is 0. The van der Waals surface area contributed by atoms with E-state index >= 15 is 0 Å². The minimum atomic E-state index is -0.396. The molecule has 0 radical (unpaired) electrons. The smallest absolute Gasteiger partial charge is 0.376 e. The Morgan fingerprint density at radius 3 is 2.76 bits per heavy atom. The van der Waals surface area contributed by atoms with Crippen molar-refractivity contribution in [2.45, 2.75) is 39.0 Å². The van der Waals surface area contributed by atoms with Crippen molar-refractivity contribution in [1.29, 1.82) is 0 Å². The number of hydrogen-bond donors (Lipinski definition) is 0. The Bertz CT molecular complexity index is 442. The second-order valence-corrected chi connectivity index (χ2v) is 5.11. The molecule has 0 N–H and O–H groups in total. The number of aromatic nitrogens is 1. The molecule has 2 aliphatic rings. The van der Waals surface area contributed by atoms with Gasteiger partial charge in [-0.25, -0.2) is 9.78 Å². The highest BCUT2D eigenvalue weighted by Crippen LogP contribution is 2.57. The Labute approximate surface area is 100 Å². The van der Waals surface area contributed by atoms with E-state index in [-0.39, 0.29) is 5.76 Å². The molecule has 0 amide bonds. The normalized spacial score (nSPS) is 30.1. The number of nitrogens with zero attached hydrogens (tertiary/aromatic N) is 1. The van der Waals surface area contributed by atoms with Crippen LogP contribution in [0.2, 0.25) is 0 Å². The van der Waals surface area contributed by atoms with Crippen LogP contribution in [-0.4, -0.2) is 17.6 Å². The lowest BCUT2D eigenvalue weighted by atomic mass is 10.0. The Balaban J connectivity index is 1.78. The van der Waals surface area contributed by atoms with Crippen LogP contribution in [0.25, 0.3) is 0 Å². The Hall–Kier alpha value is -1.32. The van der Waals surface area contributed by atoms with Gasteiger partial charge in [-0.15, -0.1) is 0 Å². The Morgan fingerprint density at radius 2 is 2.12 bits per heavy atom. The molecule has 2 fully saturated rings. The van der Waals surface area contributed by atoms with E-state index in [0.717, 1.165) is 17.7 Å². The lowest BCUT2D eigenvalue weighted by Crippen LogP contribution is -2.04. The molecule has 1 aromatic rings. The predicted octanol–water partition coefficient (Wildman–Crippen LogP) is 2.67. The fourth-order valence-electron chi connectivity index (χ4n) is 2.89. The highest BCUT2D eigenvalue weighted by molar-refractivity contribution is 5.87. The number of carbonyl (C=O) groups is 1. The first-order valence-electron chi connectivity index (χ1n) is 6.33. The molecule has 0 aromatic carbocycles. The molecule has 0 saturated heterocycles. The van der Waals surface area contributed by atoms with Crippen molar-refractivity contribution < 1.29 is 13.9 Å². The van der Waals surface area contributed by atoms with E-state index in [9.17, 15) is 4.79 Å². The van der Waals surface area contributed by atoms with E-state index in [1.165, 1.54) is 19.3 Å². The van der Waals surface area contributed by atoms with Gasteiger partial charge in [0.05, 0.1) is 12.3 Å². The van der Waals surface area contributed by atoms with Gasteiger partial charge in [0, 0.05) is 5.92 Å². The minimum absolute atomic E-state index is 0.280. The zero-order valence-corrected chi connectivity index (χ0v) is 10.2. The van der Waals surface area contributed by atoms with Crippen molar-refractivity contribution in [3.63, 3.8) is 0 Å². The number of fused-ring (bicyclic) bond motifs is 1. The second kappa shape index (κ2) is 3.86. The maximum Gasteiger partial charge on any atom is 0.376 e. The zero-order chi connectivity index (χ0) is 12.0. The summed E-state index contributed by atoms with van der Waals surface area (Å²) in [5, 5.41) is 0. The highest BCUT2D eigenvalue weighted by Gasteiger charge is 2.47. The standard InChI is InChI=1S/C13H17NO3/c1-3-16-13(15)11-7(2)14-12(17-11)10-5-8-4-9(8)6-10/h8-10H,3-6H2,1-2H3. The van der Waals surface area contributed by atoms with E-state index in [1.54, 1.807) is 13.8 Å². The van der Waals surface area contributed by atoms with Gasteiger partial charge < -0.3 is 9.15 Å². The van der Waals surface area contributed by atoms with Crippen LogP contribution < -0.4 is 0 Å². The molecule has 2 unspecified atom stereocenters. The molecule has 17 heavy (non-hydrogen) atoms. The molecule has 4 nitrogen and oxygen atoms in total. The third-order valence-electron chi connectivity index (χ3n) is 3.87. The third-order valence-corrected chi connectivity index (χ3v) is 3.87. The van der Waals surface area contributed by atoms with Crippen molar-refractivity contribution in [2.75, 3.05) is 6.61 Å². The van der Waals surface area contributed by atoms with Gasteiger partial charge in [-0.05, 0) is 44.9 Å². The van der Waals surface area contributed by atoms with Crippen molar-refractivity contribution in [3.8, 4) is 0 Å². The third kappa shape index (κ3) is 1.85. The van der Waals surface area contributed by atoms with E-state index < -0.39 is 5.97 Å². The summed E-state index contributed by atoms with van der Waals surface area (Å²) in [5.74, 6) is 2.81. The van der Waals surface area contributed by atoms with Crippen LogP contribution in [-0.2, 0) is 4.74 Å². The summed E-state index contributed by atoms with van der Waals surface area (Å²) in [4.78, 5) is 16.0. The fraction of sp³-hybridized carbons (Fsp3) is 0.692. The molecule has 0 spiro atoms. The molecule has 0 bridgehead atoms. The molecule has 2 saturated carbocycles. The highest BCUT2D eigenvalue weighted by atomic mass is 16.5. The maximum absolute atomic E-state index is 11.6. The van der Waals surface area contributed by atoms with Gasteiger partial charge in [0.2, 0.25) is 5.76 Å². The van der Waals surface area contributed by atoms with Crippen LogP contribution in [0, 0.1) is 18.8 Å². The predicted molar refractivity (Wildman–Crippen MR) is 60.8 cm³/mol. The van der Waals surface area contributed by atoms with Crippen molar-refractivity contribution in [3.05, 3.63) is 17.3 Å². The molecule has 2 aliphatic carbocycles. The van der Waals surface area contributed by atoms with Gasteiger partial charge in [-0.3, -0.25) is 0 Å². The summed E-state index contributed by atoms with van der Waals surface area (Å²) in [6.45, 7) is 3.95. The lowest BCUT2D eigenvalue weighted by molar-refractivity contribution is 0.0486. The molecule has 1 heterocycles. The Morgan fingerprint density at radius 1 is 1.41 bits per heavy atom. The topological polar surface area (TPSA) is 52.3 Å². The quantitative estimate of drug-likeness (QED) is 0.756. The summed E-state index contributed by atoms with van der Waals surface area (Å²) in [5.41, 5.74) is 0.652. The van der Waals surface area contributed by atoms with Gasteiger partial charge in [-0.1, -0.05) is 0 Å². The van der Waals surface area contributed by atoms with E-state index in [0.29, 0.717) is 18.2 Å². The van der Waals surface area contributed by atoms with Gasteiger partial charge in [-0.2, -0.15) is 0 Å². The van der Waals surface area contributed by atoms with Gasteiger partial charge >= 0.3 is 5.97 Å². The summed E-state index contributed by atoms with van der Waals surface area (Å²) in [6.07, 6.45) is 3.72. The average Bonchev–Trinajstić information content (AvgIpc) is 2.75. The number of oxazole rings is 1. The number of rotatable bonds is 3. The summed E-state index contributed by atoms with van der Waals surface area (Å²) in [6, 6.07) is 0. The molecule has 1 aromatic heterocycles. The summed E-state index contributed by atoms with van der Waals surface area (Å²) >= 11 is 0. The number of esters is 1. The van der Waals surface area contributed by atoms with E-state index in [4.69, 9.17) is 9.15 Å². The van der Waals surface area contributed by atoms with E-state index in [1.807, 2.05) is 0 Å². The number of aryl methyl sites for hydroxylation is 1. The number of ether oxygens (including phenoxy) is 1. The van der Waals surface area contributed by atoms with Crippen LogP contribution in [0.4, 0.5) is 0 Å². The van der Waals surface area contributed by atoms with Gasteiger partial charge in [0.25, 0.3) is 0 Å². The van der Waals surface area contributed by atoms with Gasteiger partial charge in [0.1, 0.15) is 0 Å². The van der Waals surface area contributed by atoms with Crippen molar-refractivity contribution >= 4 is 5.97 Å². The average molecular weight is 235 g/mol. The summed E-state index contributed by atoms with van der Waals surface area (Å²) < 4.78 is 10.5. The molecule has 0 aliphatic heterocycles. The molecule has 3 rings (SSSR count). The van der Waals surface area contributed by atoms with Crippen LogP contribution in [0.3, 0.4) is 0 Å². The van der Waals surface area contributed by atoms with Crippen molar-refractivity contribution in [2.24, 2.45) is 11.8 Å². The minimum Gasteiger partial charge on any atom is -0.460 e. The maximum atomic E-state index is 11.6. The molecular formula is C13H17NO3. The monoisotopic (exact) mass is 235 g/mol. The first-order chi connectivity index (χ1) is 8.19. The van der Waals surface area contributed by atoms with Crippen LogP contribution in [0.5, 0.6) is 0 Å². The first kappa shape index (κ1) is 10.8. The molecule has 2 atom stereocenters. The Kier molecular flexibility index (Phi) is 2.45. The number of carbonyl (C=O) groups excluding carboxylic acids is 1. The van der Waals surface area contributed by atoms with Crippen LogP contribution in [0.1, 0.15) is 54.2 Å². The van der Waals surface area contributed by atoms with Crippen molar-refractivity contribution in [1.82, 2.24) is 4.98 Å².